The Kier molecular flexibility index (Phi) is 7.42. The molecule has 146 valence electrons. The number of hydrogen-bond acceptors (Lipinski definition) is 3. The Bertz CT molecular complexity index is 536. The van der Waals surface area contributed by atoms with Crippen molar-refractivity contribution in [1.29, 1.82) is 0 Å². The van der Waals surface area contributed by atoms with E-state index in [1.165, 1.54) is 45.3 Å². The molecule has 26 heavy (non-hydrogen) atoms. The number of piperidine rings is 1. The predicted molar refractivity (Wildman–Crippen MR) is 108 cm³/mol. The number of likely N-dealkylation sites (tertiary alicyclic amines) is 2. The lowest BCUT2D eigenvalue weighted by Gasteiger charge is -2.29. The Balaban J connectivity index is 1.53. The molecular formula is C21H36N4O. The average Bonchev–Trinajstić information content (AvgIpc) is 3.34. The zero-order chi connectivity index (χ0) is 18.2. The molecule has 2 saturated heterocycles. The van der Waals surface area contributed by atoms with Gasteiger partial charge in [-0.15, -0.1) is 0 Å². The fraction of sp³-hybridized carbons (Fsp3) is 0.762. The first kappa shape index (κ1) is 19.3. The first-order valence-corrected chi connectivity index (χ1v) is 10.5. The van der Waals surface area contributed by atoms with Crippen LogP contribution in [-0.4, -0.2) is 61.1 Å². The van der Waals surface area contributed by atoms with E-state index in [4.69, 9.17) is 9.41 Å². The Hall–Kier alpha value is -1.49. The van der Waals surface area contributed by atoms with Crippen molar-refractivity contribution in [3.8, 4) is 0 Å². The van der Waals surface area contributed by atoms with Crippen molar-refractivity contribution in [2.45, 2.75) is 58.4 Å². The van der Waals surface area contributed by atoms with Crippen LogP contribution in [-0.2, 0) is 6.42 Å². The lowest BCUT2D eigenvalue weighted by molar-refractivity contribution is 0.198. The van der Waals surface area contributed by atoms with Gasteiger partial charge in [-0.05, 0) is 63.7 Å². The van der Waals surface area contributed by atoms with Crippen molar-refractivity contribution >= 4 is 5.96 Å². The van der Waals surface area contributed by atoms with Crippen LogP contribution in [0, 0.1) is 5.92 Å². The number of nitrogens with one attached hydrogen (secondary N) is 1. The van der Waals surface area contributed by atoms with Crippen molar-refractivity contribution < 1.29 is 4.42 Å². The Morgan fingerprint density at radius 1 is 1.31 bits per heavy atom. The topological polar surface area (TPSA) is 44.0 Å². The number of aliphatic imine (C=N–C) groups is 1. The summed E-state index contributed by atoms with van der Waals surface area (Å²) in [5.74, 6) is 2.88. The molecule has 0 radical (unpaired) electrons. The fourth-order valence-corrected chi connectivity index (χ4v) is 3.97. The molecule has 2 atom stereocenters. The standard InChI is InChI=1S/C21H36N4O/c1-3-18(2)23-21(22-11-9-20-8-7-15-26-20)25-14-10-19(17-25)16-24-12-5-4-6-13-24/h7-8,15,18-19H,3-6,9-14,16-17H2,1-2H3,(H,22,23). The number of guanidine groups is 1. The molecular weight excluding hydrogens is 324 g/mol. The molecule has 1 aromatic rings. The van der Waals surface area contributed by atoms with Gasteiger partial charge in [0.15, 0.2) is 5.96 Å². The average molecular weight is 361 g/mol. The van der Waals surface area contributed by atoms with Crippen molar-refractivity contribution in [1.82, 2.24) is 15.1 Å². The van der Waals surface area contributed by atoms with Gasteiger partial charge in [0, 0.05) is 38.6 Å². The summed E-state index contributed by atoms with van der Waals surface area (Å²) in [5.41, 5.74) is 0. The number of hydrogen-bond donors (Lipinski definition) is 1. The van der Waals surface area contributed by atoms with Gasteiger partial charge in [0.05, 0.1) is 6.26 Å². The molecule has 2 unspecified atom stereocenters. The highest BCUT2D eigenvalue weighted by Gasteiger charge is 2.27. The summed E-state index contributed by atoms with van der Waals surface area (Å²) in [5, 5.41) is 3.64. The highest BCUT2D eigenvalue weighted by Crippen LogP contribution is 2.20. The molecule has 5 heteroatoms. The monoisotopic (exact) mass is 360 g/mol. The van der Waals surface area contributed by atoms with E-state index in [0.717, 1.165) is 50.1 Å². The molecule has 2 aliphatic heterocycles. The van der Waals surface area contributed by atoms with Gasteiger partial charge >= 0.3 is 0 Å². The van der Waals surface area contributed by atoms with E-state index >= 15 is 0 Å². The number of nitrogens with zero attached hydrogens (tertiary/aromatic N) is 3. The van der Waals surface area contributed by atoms with Gasteiger partial charge in [-0.2, -0.15) is 0 Å². The van der Waals surface area contributed by atoms with E-state index in [-0.39, 0.29) is 0 Å². The van der Waals surface area contributed by atoms with Crippen LogP contribution in [0.5, 0.6) is 0 Å². The summed E-state index contributed by atoms with van der Waals surface area (Å²) in [6.45, 7) is 11.4. The minimum atomic E-state index is 0.457. The maximum absolute atomic E-state index is 5.44. The minimum Gasteiger partial charge on any atom is -0.469 e. The van der Waals surface area contributed by atoms with Gasteiger partial charge in [-0.1, -0.05) is 13.3 Å². The maximum Gasteiger partial charge on any atom is 0.194 e. The smallest absolute Gasteiger partial charge is 0.194 e. The van der Waals surface area contributed by atoms with E-state index < -0.39 is 0 Å². The van der Waals surface area contributed by atoms with Crippen LogP contribution < -0.4 is 5.32 Å². The lowest BCUT2D eigenvalue weighted by Crippen LogP contribution is -2.44. The van der Waals surface area contributed by atoms with E-state index in [0.29, 0.717) is 6.04 Å². The lowest BCUT2D eigenvalue weighted by atomic mass is 10.1. The third-order valence-electron chi connectivity index (χ3n) is 5.74. The summed E-state index contributed by atoms with van der Waals surface area (Å²) < 4.78 is 5.44. The second-order valence-electron chi connectivity index (χ2n) is 7.95. The minimum absolute atomic E-state index is 0.457. The first-order chi connectivity index (χ1) is 12.7. The van der Waals surface area contributed by atoms with Crippen molar-refractivity contribution in [2.24, 2.45) is 10.9 Å². The van der Waals surface area contributed by atoms with Crippen molar-refractivity contribution in [3.63, 3.8) is 0 Å². The van der Waals surface area contributed by atoms with E-state index in [9.17, 15) is 0 Å². The summed E-state index contributed by atoms with van der Waals surface area (Å²) in [7, 11) is 0. The van der Waals surface area contributed by atoms with Crippen LogP contribution in [0.15, 0.2) is 27.8 Å². The van der Waals surface area contributed by atoms with Gasteiger partial charge in [-0.3, -0.25) is 4.99 Å². The van der Waals surface area contributed by atoms with Crippen LogP contribution >= 0.6 is 0 Å². The molecule has 5 nitrogen and oxygen atoms in total. The first-order valence-electron chi connectivity index (χ1n) is 10.5. The molecule has 3 rings (SSSR count). The van der Waals surface area contributed by atoms with E-state index in [1.807, 2.05) is 12.1 Å². The Labute approximate surface area is 158 Å². The molecule has 1 N–H and O–H groups in total. The van der Waals surface area contributed by atoms with Gasteiger partial charge < -0.3 is 19.5 Å². The predicted octanol–water partition coefficient (Wildman–Crippen LogP) is 3.37. The van der Waals surface area contributed by atoms with Crippen LogP contribution in [0.3, 0.4) is 0 Å². The quantitative estimate of drug-likeness (QED) is 0.598. The fourth-order valence-electron chi connectivity index (χ4n) is 3.97. The van der Waals surface area contributed by atoms with Crippen LogP contribution in [0.2, 0.25) is 0 Å². The zero-order valence-electron chi connectivity index (χ0n) is 16.6. The third kappa shape index (κ3) is 5.76. The summed E-state index contributed by atoms with van der Waals surface area (Å²) in [4.78, 5) is 10.1. The summed E-state index contributed by atoms with van der Waals surface area (Å²) in [6, 6.07) is 4.43. The molecule has 0 aliphatic carbocycles. The molecule has 1 aromatic heterocycles. The molecule has 0 amide bonds. The van der Waals surface area contributed by atoms with Gasteiger partial charge in [0.2, 0.25) is 0 Å². The second-order valence-corrected chi connectivity index (χ2v) is 7.95. The summed E-state index contributed by atoms with van der Waals surface area (Å²) in [6.07, 6.45) is 9.18. The molecule has 0 aromatic carbocycles. The number of rotatable bonds is 7. The normalized spacial score (nSPS) is 23.4. The van der Waals surface area contributed by atoms with Gasteiger partial charge in [-0.25, -0.2) is 0 Å². The van der Waals surface area contributed by atoms with Gasteiger partial charge in [0.25, 0.3) is 0 Å². The molecule has 0 bridgehead atoms. The second kappa shape index (κ2) is 10.0. The van der Waals surface area contributed by atoms with Crippen molar-refractivity contribution in [3.05, 3.63) is 24.2 Å². The third-order valence-corrected chi connectivity index (χ3v) is 5.74. The van der Waals surface area contributed by atoms with Crippen molar-refractivity contribution in [2.75, 3.05) is 39.3 Å². The maximum atomic E-state index is 5.44. The van der Waals surface area contributed by atoms with Crippen LogP contribution in [0.25, 0.3) is 0 Å². The van der Waals surface area contributed by atoms with Crippen LogP contribution in [0.4, 0.5) is 0 Å². The molecule has 0 saturated carbocycles. The Morgan fingerprint density at radius 2 is 2.15 bits per heavy atom. The van der Waals surface area contributed by atoms with E-state index in [1.54, 1.807) is 6.26 Å². The molecule has 0 spiro atoms. The SMILES string of the molecule is CCC(C)NC(=NCCc1ccco1)N1CCC(CN2CCCCC2)C1. The largest absolute Gasteiger partial charge is 0.469 e. The molecule has 3 heterocycles. The highest BCUT2D eigenvalue weighted by molar-refractivity contribution is 5.80. The number of furan rings is 1. The van der Waals surface area contributed by atoms with E-state index in [2.05, 4.69) is 29.0 Å². The molecule has 2 fully saturated rings. The summed E-state index contributed by atoms with van der Waals surface area (Å²) >= 11 is 0. The zero-order valence-corrected chi connectivity index (χ0v) is 16.6. The van der Waals surface area contributed by atoms with Gasteiger partial charge in [0.1, 0.15) is 5.76 Å². The Morgan fingerprint density at radius 3 is 2.88 bits per heavy atom. The van der Waals surface area contributed by atoms with Crippen LogP contribution in [0.1, 0.15) is 51.7 Å². The highest BCUT2D eigenvalue weighted by atomic mass is 16.3. The molecule has 2 aliphatic rings.